The van der Waals surface area contributed by atoms with E-state index in [1.165, 1.54) is 24.3 Å². The highest BCUT2D eigenvalue weighted by Crippen LogP contribution is 2.27. The van der Waals surface area contributed by atoms with Crippen LogP contribution < -0.4 is 0 Å². The van der Waals surface area contributed by atoms with E-state index in [0.29, 0.717) is 21.2 Å². The Morgan fingerprint density at radius 1 is 0.882 bits per heavy atom. The van der Waals surface area contributed by atoms with Crippen molar-refractivity contribution in [1.82, 2.24) is 0 Å². The summed E-state index contributed by atoms with van der Waals surface area (Å²) in [5, 5.41) is 11.0. The van der Waals surface area contributed by atoms with E-state index in [4.69, 9.17) is 23.2 Å². The third-order valence-electron chi connectivity index (χ3n) is 2.39. The highest BCUT2D eigenvalue weighted by atomic mass is 35.5. The average molecular weight is 271 g/mol. The van der Waals surface area contributed by atoms with Crippen molar-refractivity contribution in [2.75, 3.05) is 0 Å². The van der Waals surface area contributed by atoms with Crippen LogP contribution in [0.1, 0.15) is 17.2 Å². The van der Waals surface area contributed by atoms with Gasteiger partial charge in [-0.05, 0) is 41.5 Å². The topological polar surface area (TPSA) is 20.2 Å². The van der Waals surface area contributed by atoms with Crippen LogP contribution in [-0.4, -0.2) is 5.11 Å². The molecule has 0 aliphatic carbocycles. The molecule has 88 valence electrons. The molecule has 17 heavy (non-hydrogen) atoms. The number of hydrogen-bond donors (Lipinski definition) is 1. The lowest BCUT2D eigenvalue weighted by Crippen LogP contribution is -1.99. The Kier molecular flexibility index (Phi) is 3.67. The van der Waals surface area contributed by atoms with Gasteiger partial charge in [-0.3, -0.25) is 0 Å². The Hall–Kier alpha value is -1.09. The Labute approximate surface area is 108 Å². The van der Waals surface area contributed by atoms with Gasteiger partial charge >= 0.3 is 0 Å². The molecule has 4 heteroatoms. The lowest BCUT2D eigenvalue weighted by atomic mass is 10.0. The summed E-state index contributed by atoms with van der Waals surface area (Å²) in [5.74, 6) is -0.343. The zero-order valence-corrected chi connectivity index (χ0v) is 10.2. The van der Waals surface area contributed by atoms with Crippen LogP contribution in [0.5, 0.6) is 0 Å². The zero-order chi connectivity index (χ0) is 12.4. The number of aliphatic hydroxyl groups excluding tert-OH is 1. The number of halogens is 3. The van der Waals surface area contributed by atoms with Crippen LogP contribution in [0.25, 0.3) is 0 Å². The summed E-state index contributed by atoms with van der Waals surface area (Å²) in [6, 6.07) is 10.5. The summed E-state index contributed by atoms with van der Waals surface area (Å²) in [4.78, 5) is 0. The molecule has 0 aromatic heterocycles. The molecule has 0 saturated heterocycles. The van der Waals surface area contributed by atoms with Gasteiger partial charge < -0.3 is 5.11 Å². The maximum Gasteiger partial charge on any atom is 0.123 e. The monoisotopic (exact) mass is 270 g/mol. The Morgan fingerprint density at radius 2 is 1.41 bits per heavy atom. The molecule has 1 nitrogen and oxygen atoms in total. The highest BCUT2D eigenvalue weighted by molar-refractivity contribution is 6.34. The van der Waals surface area contributed by atoms with Gasteiger partial charge in [-0.2, -0.15) is 0 Å². The van der Waals surface area contributed by atoms with E-state index in [2.05, 4.69) is 0 Å². The second kappa shape index (κ2) is 5.05. The standard InChI is InChI=1S/C13H9Cl2FO/c14-10-5-9(6-11(15)7-10)13(17)8-1-3-12(16)4-2-8/h1-7,13,17H/t13-/m0/s1. The van der Waals surface area contributed by atoms with Crippen LogP contribution in [0.3, 0.4) is 0 Å². The largest absolute Gasteiger partial charge is 0.384 e. The molecule has 0 spiro atoms. The summed E-state index contributed by atoms with van der Waals surface area (Å²) in [5.41, 5.74) is 1.17. The van der Waals surface area contributed by atoms with Crippen molar-refractivity contribution < 1.29 is 9.50 Å². The second-order valence-electron chi connectivity index (χ2n) is 3.66. The van der Waals surface area contributed by atoms with Crippen molar-refractivity contribution in [3.8, 4) is 0 Å². The van der Waals surface area contributed by atoms with E-state index in [9.17, 15) is 9.50 Å². The number of hydrogen-bond acceptors (Lipinski definition) is 1. The van der Waals surface area contributed by atoms with Gasteiger partial charge in [0.25, 0.3) is 0 Å². The molecule has 1 N–H and O–H groups in total. The van der Waals surface area contributed by atoms with Gasteiger partial charge in [-0.25, -0.2) is 4.39 Å². The summed E-state index contributed by atoms with van der Waals surface area (Å²) < 4.78 is 12.8. The predicted molar refractivity (Wildman–Crippen MR) is 66.9 cm³/mol. The van der Waals surface area contributed by atoms with Crippen molar-refractivity contribution in [2.45, 2.75) is 6.10 Å². The normalized spacial score (nSPS) is 12.5. The smallest absolute Gasteiger partial charge is 0.123 e. The first-order valence-corrected chi connectivity index (χ1v) is 5.71. The molecule has 0 heterocycles. The van der Waals surface area contributed by atoms with Crippen LogP contribution in [0.2, 0.25) is 10.0 Å². The number of rotatable bonds is 2. The molecule has 1 atom stereocenters. The minimum Gasteiger partial charge on any atom is -0.384 e. The van der Waals surface area contributed by atoms with E-state index < -0.39 is 6.10 Å². The van der Waals surface area contributed by atoms with Crippen LogP contribution in [0, 0.1) is 5.82 Å². The maximum atomic E-state index is 12.8. The van der Waals surface area contributed by atoms with E-state index in [0.717, 1.165) is 0 Å². The SMILES string of the molecule is O[C@@H](c1ccc(F)cc1)c1cc(Cl)cc(Cl)c1. The van der Waals surface area contributed by atoms with E-state index in [1.54, 1.807) is 18.2 Å². The van der Waals surface area contributed by atoms with E-state index >= 15 is 0 Å². The van der Waals surface area contributed by atoms with Gasteiger partial charge in [0.1, 0.15) is 11.9 Å². The predicted octanol–water partition coefficient (Wildman–Crippen LogP) is 4.21. The average Bonchev–Trinajstić information content (AvgIpc) is 2.28. The third-order valence-corrected chi connectivity index (χ3v) is 2.82. The van der Waals surface area contributed by atoms with Gasteiger partial charge in [-0.1, -0.05) is 35.3 Å². The fourth-order valence-corrected chi connectivity index (χ4v) is 2.11. The summed E-state index contributed by atoms with van der Waals surface area (Å²) in [7, 11) is 0. The van der Waals surface area contributed by atoms with Crippen LogP contribution in [0.15, 0.2) is 42.5 Å². The number of benzene rings is 2. The molecule has 2 aromatic carbocycles. The van der Waals surface area contributed by atoms with Crippen molar-refractivity contribution in [3.63, 3.8) is 0 Å². The number of aliphatic hydroxyl groups is 1. The molecular weight excluding hydrogens is 262 g/mol. The summed E-state index contributed by atoms with van der Waals surface area (Å²) >= 11 is 11.7. The molecule has 0 saturated carbocycles. The molecule has 0 amide bonds. The van der Waals surface area contributed by atoms with Gasteiger partial charge in [0, 0.05) is 10.0 Å². The van der Waals surface area contributed by atoms with Crippen molar-refractivity contribution in [3.05, 3.63) is 69.5 Å². The van der Waals surface area contributed by atoms with Crippen LogP contribution >= 0.6 is 23.2 Å². The van der Waals surface area contributed by atoms with Crippen LogP contribution in [-0.2, 0) is 0 Å². The Balaban J connectivity index is 2.36. The summed E-state index contributed by atoms with van der Waals surface area (Å²) in [6.07, 6.45) is -0.869. The fourth-order valence-electron chi connectivity index (χ4n) is 1.57. The van der Waals surface area contributed by atoms with Gasteiger partial charge in [0.15, 0.2) is 0 Å². The maximum absolute atomic E-state index is 12.8. The first kappa shape index (κ1) is 12.4. The minimum absolute atomic E-state index is 0.343. The molecule has 0 aliphatic rings. The lowest BCUT2D eigenvalue weighted by molar-refractivity contribution is 0.220. The van der Waals surface area contributed by atoms with Gasteiger partial charge in [0.2, 0.25) is 0 Å². The molecule has 0 unspecified atom stereocenters. The molecule has 0 bridgehead atoms. The molecule has 2 rings (SSSR count). The molecule has 0 fully saturated rings. The Bertz CT molecular complexity index is 505. The van der Waals surface area contributed by atoms with Crippen molar-refractivity contribution >= 4 is 23.2 Å². The first-order chi connectivity index (χ1) is 8.06. The lowest BCUT2D eigenvalue weighted by Gasteiger charge is -2.12. The molecule has 2 aromatic rings. The molecular formula is C13H9Cl2FO. The Morgan fingerprint density at radius 3 is 1.94 bits per heavy atom. The van der Waals surface area contributed by atoms with Gasteiger partial charge in [-0.15, -0.1) is 0 Å². The van der Waals surface area contributed by atoms with E-state index in [-0.39, 0.29) is 5.82 Å². The minimum atomic E-state index is -0.869. The van der Waals surface area contributed by atoms with Crippen LogP contribution in [0.4, 0.5) is 4.39 Å². The molecule has 0 aliphatic heterocycles. The quantitative estimate of drug-likeness (QED) is 0.867. The fraction of sp³-hybridized carbons (Fsp3) is 0.0769. The zero-order valence-electron chi connectivity index (χ0n) is 8.70. The second-order valence-corrected chi connectivity index (χ2v) is 4.53. The molecule has 0 radical (unpaired) electrons. The van der Waals surface area contributed by atoms with Crippen molar-refractivity contribution in [1.29, 1.82) is 0 Å². The van der Waals surface area contributed by atoms with Crippen molar-refractivity contribution in [2.24, 2.45) is 0 Å². The van der Waals surface area contributed by atoms with E-state index in [1.807, 2.05) is 0 Å². The summed E-state index contributed by atoms with van der Waals surface area (Å²) in [6.45, 7) is 0. The van der Waals surface area contributed by atoms with Gasteiger partial charge in [0.05, 0.1) is 0 Å². The third kappa shape index (κ3) is 2.97. The first-order valence-electron chi connectivity index (χ1n) is 4.96. The highest BCUT2D eigenvalue weighted by Gasteiger charge is 2.11.